The second-order valence-corrected chi connectivity index (χ2v) is 7.17. The smallest absolute Gasteiger partial charge is 0.126 e. The first kappa shape index (κ1) is 22.8. The largest absolute Gasteiger partial charge is 0.366 e. The predicted molar refractivity (Wildman–Crippen MR) is 131 cm³/mol. The fourth-order valence-electron chi connectivity index (χ4n) is 3.32. The van der Waals surface area contributed by atoms with Crippen LogP contribution in [-0.2, 0) is 6.54 Å². The molecule has 2 aromatic heterocycles. The molecule has 4 nitrogen and oxygen atoms in total. The standard InChI is InChI=1S/C27H27FN4/c1-4-5-6-8-20(2)26(27(29-3)22-10-12-24(28)13-11-22)23-14-16-31-25(17-23)32-19-21-9-7-15-30-18-21/h4-18H,19H2,1-3H3,(H,31,32)/b5-4-,8-6-,26-20+,29-27?. The van der Waals surface area contributed by atoms with Crippen molar-refractivity contribution in [2.24, 2.45) is 4.99 Å². The van der Waals surface area contributed by atoms with E-state index in [1.54, 1.807) is 31.6 Å². The lowest BCUT2D eigenvalue weighted by atomic mass is 9.92. The molecule has 32 heavy (non-hydrogen) atoms. The number of aromatic nitrogens is 2. The van der Waals surface area contributed by atoms with Gasteiger partial charge in [-0.15, -0.1) is 0 Å². The van der Waals surface area contributed by atoms with Gasteiger partial charge >= 0.3 is 0 Å². The average Bonchev–Trinajstić information content (AvgIpc) is 2.83. The maximum Gasteiger partial charge on any atom is 0.126 e. The van der Waals surface area contributed by atoms with Crippen LogP contribution >= 0.6 is 0 Å². The van der Waals surface area contributed by atoms with Crippen molar-refractivity contribution in [2.75, 3.05) is 12.4 Å². The first-order valence-corrected chi connectivity index (χ1v) is 10.4. The lowest BCUT2D eigenvalue weighted by Gasteiger charge is -2.16. The normalized spacial score (nSPS) is 12.9. The van der Waals surface area contributed by atoms with Crippen molar-refractivity contribution < 1.29 is 4.39 Å². The van der Waals surface area contributed by atoms with Crippen LogP contribution in [0.5, 0.6) is 0 Å². The monoisotopic (exact) mass is 426 g/mol. The van der Waals surface area contributed by atoms with Gasteiger partial charge in [0.2, 0.25) is 0 Å². The molecule has 162 valence electrons. The first-order valence-electron chi connectivity index (χ1n) is 10.4. The molecule has 0 radical (unpaired) electrons. The van der Waals surface area contributed by atoms with Gasteiger partial charge in [0.15, 0.2) is 0 Å². The summed E-state index contributed by atoms with van der Waals surface area (Å²) < 4.78 is 13.5. The summed E-state index contributed by atoms with van der Waals surface area (Å²) in [7, 11) is 1.75. The van der Waals surface area contributed by atoms with E-state index in [1.165, 1.54) is 12.1 Å². The second kappa shape index (κ2) is 11.5. The van der Waals surface area contributed by atoms with Gasteiger partial charge in [0, 0.05) is 43.3 Å². The van der Waals surface area contributed by atoms with Gasteiger partial charge in [-0.2, -0.15) is 0 Å². The van der Waals surface area contributed by atoms with Crippen LogP contribution in [0.1, 0.15) is 30.5 Å². The highest BCUT2D eigenvalue weighted by atomic mass is 19.1. The summed E-state index contributed by atoms with van der Waals surface area (Å²) in [5.41, 5.74) is 5.69. The Morgan fingerprint density at radius 1 is 1.06 bits per heavy atom. The third-order valence-electron chi connectivity index (χ3n) is 4.87. The molecular weight excluding hydrogens is 399 g/mol. The maximum atomic E-state index is 13.5. The molecule has 2 heterocycles. The number of nitrogens with zero attached hydrogens (tertiary/aromatic N) is 3. The number of nitrogens with one attached hydrogen (secondary N) is 1. The van der Waals surface area contributed by atoms with Crippen molar-refractivity contribution in [3.63, 3.8) is 0 Å². The number of hydrogen-bond donors (Lipinski definition) is 1. The van der Waals surface area contributed by atoms with Crippen LogP contribution in [0.25, 0.3) is 5.57 Å². The molecule has 0 aliphatic carbocycles. The first-order chi connectivity index (χ1) is 15.6. The number of halogens is 1. The molecule has 0 amide bonds. The Labute approximate surface area is 189 Å². The number of aliphatic imine (C=N–C) groups is 1. The number of rotatable bonds is 8. The Hall–Kier alpha value is -3.86. The molecule has 3 aromatic rings. The topological polar surface area (TPSA) is 50.2 Å². The van der Waals surface area contributed by atoms with E-state index in [9.17, 15) is 4.39 Å². The van der Waals surface area contributed by atoms with Crippen molar-refractivity contribution in [1.29, 1.82) is 0 Å². The molecule has 0 spiro atoms. The van der Waals surface area contributed by atoms with Crippen LogP contribution < -0.4 is 5.32 Å². The van der Waals surface area contributed by atoms with E-state index in [2.05, 4.69) is 20.3 Å². The lowest BCUT2D eigenvalue weighted by Crippen LogP contribution is -2.08. The van der Waals surface area contributed by atoms with E-state index in [4.69, 9.17) is 0 Å². The SMILES string of the molecule is C\C=C/C=C\C(C)=C(\C(=NC)c1ccc(F)cc1)c1ccnc(NCc2cccnc2)c1. The molecule has 1 aromatic carbocycles. The highest BCUT2D eigenvalue weighted by Gasteiger charge is 2.15. The molecule has 1 N–H and O–H groups in total. The fraction of sp³-hybridized carbons (Fsp3) is 0.148. The number of anilines is 1. The van der Waals surface area contributed by atoms with Gasteiger partial charge in [0.05, 0.1) is 5.71 Å². The Kier molecular flexibility index (Phi) is 8.21. The zero-order valence-corrected chi connectivity index (χ0v) is 18.6. The summed E-state index contributed by atoms with van der Waals surface area (Å²) in [4.78, 5) is 13.2. The van der Waals surface area contributed by atoms with Gasteiger partial charge in [0.1, 0.15) is 11.6 Å². The van der Waals surface area contributed by atoms with Crippen molar-refractivity contribution in [1.82, 2.24) is 9.97 Å². The zero-order valence-electron chi connectivity index (χ0n) is 18.6. The third-order valence-corrected chi connectivity index (χ3v) is 4.87. The minimum Gasteiger partial charge on any atom is -0.366 e. The molecular formula is C27H27FN4. The summed E-state index contributed by atoms with van der Waals surface area (Å²) in [5.74, 6) is 0.480. The Morgan fingerprint density at radius 3 is 2.56 bits per heavy atom. The van der Waals surface area contributed by atoms with E-state index in [-0.39, 0.29) is 5.82 Å². The summed E-state index contributed by atoms with van der Waals surface area (Å²) in [6.07, 6.45) is 13.4. The second-order valence-electron chi connectivity index (χ2n) is 7.17. The molecule has 0 bridgehead atoms. The van der Waals surface area contributed by atoms with Crippen LogP contribution in [0.4, 0.5) is 10.2 Å². The summed E-state index contributed by atoms with van der Waals surface area (Å²) in [6.45, 7) is 4.65. The summed E-state index contributed by atoms with van der Waals surface area (Å²) in [6, 6.07) is 14.3. The van der Waals surface area contributed by atoms with Gasteiger partial charge < -0.3 is 5.32 Å². The number of hydrogen-bond acceptors (Lipinski definition) is 4. The van der Waals surface area contributed by atoms with Crippen LogP contribution in [0, 0.1) is 5.82 Å². The predicted octanol–water partition coefficient (Wildman–Crippen LogP) is 6.25. The Balaban J connectivity index is 2.01. The van der Waals surface area contributed by atoms with Crippen LogP contribution in [-0.4, -0.2) is 22.7 Å². The zero-order chi connectivity index (χ0) is 22.8. The fourth-order valence-corrected chi connectivity index (χ4v) is 3.32. The van der Waals surface area contributed by atoms with E-state index < -0.39 is 0 Å². The molecule has 0 saturated heterocycles. The molecule has 0 aliphatic heterocycles. The van der Waals surface area contributed by atoms with Crippen LogP contribution in [0.15, 0.2) is 102 Å². The van der Waals surface area contributed by atoms with Gasteiger partial charge in [0.25, 0.3) is 0 Å². The van der Waals surface area contributed by atoms with Crippen LogP contribution in [0.2, 0.25) is 0 Å². The summed E-state index contributed by atoms with van der Waals surface area (Å²) in [5, 5.41) is 3.36. The molecule has 0 unspecified atom stereocenters. The number of benzene rings is 1. The van der Waals surface area contributed by atoms with E-state index >= 15 is 0 Å². The molecule has 0 saturated carbocycles. The van der Waals surface area contributed by atoms with E-state index in [0.717, 1.165) is 39.4 Å². The average molecular weight is 427 g/mol. The molecule has 3 rings (SSSR count). The molecule has 0 atom stereocenters. The number of allylic oxidation sites excluding steroid dienone is 6. The summed E-state index contributed by atoms with van der Waals surface area (Å²) >= 11 is 0. The van der Waals surface area contributed by atoms with E-state index in [1.807, 2.05) is 68.6 Å². The van der Waals surface area contributed by atoms with Crippen molar-refractivity contribution in [2.45, 2.75) is 20.4 Å². The molecule has 0 fully saturated rings. The Morgan fingerprint density at radius 2 is 1.88 bits per heavy atom. The Bertz CT molecular complexity index is 1140. The van der Waals surface area contributed by atoms with Crippen molar-refractivity contribution in [3.05, 3.63) is 120 Å². The lowest BCUT2D eigenvalue weighted by molar-refractivity contribution is 0.628. The maximum absolute atomic E-state index is 13.5. The minimum atomic E-state index is -0.273. The van der Waals surface area contributed by atoms with Crippen molar-refractivity contribution in [3.8, 4) is 0 Å². The van der Waals surface area contributed by atoms with Gasteiger partial charge in [-0.25, -0.2) is 9.37 Å². The third kappa shape index (κ3) is 6.08. The highest BCUT2D eigenvalue weighted by Crippen LogP contribution is 2.27. The van der Waals surface area contributed by atoms with Crippen molar-refractivity contribution >= 4 is 17.1 Å². The van der Waals surface area contributed by atoms with Crippen LogP contribution in [0.3, 0.4) is 0 Å². The number of pyridine rings is 2. The van der Waals surface area contributed by atoms with E-state index in [0.29, 0.717) is 6.54 Å². The molecule has 0 aliphatic rings. The minimum absolute atomic E-state index is 0.273. The highest BCUT2D eigenvalue weighted by molar-refractivity contribution is 6.32. The quantitative estimate of drug-likeness (QED) is 0.342. The van der Waals surface area contributed by atoms with Gasteiger partial charge in [-0.3, -0.25) is 9.98 Å². The van der Waals surface area contributed by atoms with Gasteiger partial charge in [-0.05, 0) is 73.0 Å². The van der Waals surface area contributed by atoms with Gasteiger partial charge in [-0.1, -0.05) is 30.4 Å². The molecule has 5 heteroatoms.